The summed E-state index contributed by atoms with van der Waals surface area (Å²) in [4.78, 5) is 23.3. The smallest absolute Gasteiger partial charge is 0.387 e. The first-order chi connectivity index (χ1) is 14.3. The molecule has 12 heteroatoms. The topological polar surface area (TPSA) is 109 Å². The van der Waals surface area contributed by atoms with Crippen LogP contribution < -0.4 is 19.5 Å². The number of nitrogens with one attached hydrogen (secondary N) is 1. The molecule has 0 heterocycles. The summed E-state index contributed by atoms with van der Waals surface area (Å²) in [6.45, 7) is -2.71. The second kappa shape index (κ2) is 10.6. The van der Waals surface area contributed by atoms with Crippen molar-refractivity contribution in [1.29, 1.82) is 0 Å². The molecule has 2 aromatic rings. The normalized spacial score (nSPS) is 10.6. The van der Waals surface area contributed by atoms with E-state index in [2.05, 4.69) is 10.1 Å². The minimum atomic E-state index is -3.07. The Hall–Kier alpha value is -3.18. The Kier molecular flexibility index (Phi) is 8.13. The summed E-state index contributed by atoms with van der Waals surface area (Å²) in [5.41, 5.74) is -0.718. The molecule has 0 unspecified atom stereocenters. The average Bonchev–Trinajstić information content (AvgIpc) is 2.69. The lowest BCUT2D eigenvalue weighted by Gasteiger charge is -2.13. The predicted molar refractivity (Wildman–Crippen MR) is 103 cm³/mol. The summed E-state index contributed by atoms with van der Waals surface area (Å²) in [7, 11) is 2.78. The second-order valence-corrected chi connectivity index (χ2v) is 6.00. The van der Waals surface area contributed by atoms with E-state index in [4.69, 9.17) is 25.8 Å². The van der Waals surface area contributed by atoms with Crippen molar-refractivity contribution in [3.8, 4) is 17.2 Å². The fourth-order valence-electron chi connectivity index (χ4n) is 2.36. The summed E-state index contributed by atoms with van der Waals surface area (Å²) in [6.07, 6.45) is 0. The highest BCUT2D eigenvalue weighted by Crippen LogP contribution is 2.35. The van der Waals surface area contributed by atoms with E-state index in [1.807, 2.05) is 0 Å². The lowest BCUT2D eigenvalue weighted by Crippen LogP contribution is -2.15. The maximum atomic E-state index is 12.6. The monoisotopic (exact) mass is 446 g/mol. The van der Waals surface area contributed by atoms with Gasteiger partial charge in [0.2, 0.25) is 0 Å². The van der Waals surface area contributed by atoms with Crippen molar-refractivity contribution in [1.82, 2.24) is 0 Å². The van der Waals surface area contributed by atoms with Gasteiger partial charge in [-0.1, -0.05) is 11.6 Å². The number of benzene rings is 2. The first kappa shape index (κ1) is 23.1. The zero-order chi connectivity index (χ0) is 22.3. The van der Waals surface area contributed by atoms with Crippen LogP contribution in [0.2, 0.25) is 5.02 Å². The van der Waals surface area contributed by atoms with Gasteiger partial charge < -0.3 is 24.3 Å². The highest BCUT2D eigenvalue weighted by molar-refractivity contribution is 6.32. The van der Waals surface area contributed by atoms with Crippen LogP contribution in [0.3, 0.4) is 0 Å². The largest absolute Gasteiger partial charge is 0.493 e. The van der Waals surface area contributed by atoms with Crippen LogP contribution in [0.1, 0.15) is 10.4 Å². The van der Waals surface area contributed by atoms with Crippen LogP contribution in [-0.2, 0) is 4.74 Å². The number of ether oxygens (including phenoxy) is 4. The Labute approximate surface area is 174 Å². The number of methoxy groups -OCH3 is 2. The van der Waals surface area contributed by atoms with Gasteiger partial charge in [-0.25, -0.2) is 0 Å². The molecular formula is C18H17ClF2N2O7. The molecule has 0 aromatic heterocycles. The van der Waals surface area contributed by atoms with E-state index in [1.54, 1.807) is 0 Å². The van der Waals surface area contributed by atoms with E-state index in [1.165, 1.54) is 26.4 Å². The third-order valence-electron chi connectivity index (χ3n) is 3.67. The summed E-state index contributed by atoms with van der Waals surface area (Å²) in [5, 5.41) is 13.7. The molecule has 0 aliphatic heterocycles. The van der Waals surface area contributed by atoms with Crippen LogP contribution in [-0.4, -0.2) is 44.9 Å². The molecule has 0 saturated heterocycles. The molecule has 0 saturated carbocycles. The summed E-state index contributed by atoms with van der Waals surface area (Å²) >= 11 is 5.85. The Morgan fingerprint density at radius 1 is 1.17 bits per heavy atom. The first-order valence-electron chi connectivity index (χ1n) is 8.30. The molecule has 0 radical (unpaired) electrons. The molecule has 0 aliphatic carbocycles. The highest BCUT2D eigenvalue weighted by Gasteiger charge is 2.25. The molecular weight excluding hydrogens is 430 g/mol. The number of halogens is 3. The number of nitro benzene ring substituents is 1. The van der Waals surface area contributed by atoms with Crippen molar-refractivity contribution in [3.05, 3.63) is 51.0 Å². The maximum absolute atomic E-state index is 12.6. The van der Waals surface area contributed by atoms with E-state index >= 15 is 0 Å². The van der Waals surface area contributed by atoms with Crippen LogP contribution in [0, 0.1) is 10.1 Å². The molecule has 30 heavy (non-hydrogen) atoms. The standard InChI is InChI=1S/C18H17ClF2N2O7/c1-27-5-6-29-16-9-13(23(25)26)11(8-15(16)28-2)17(24)22-10-3-4-14(12(19)7-10)30-18(20)21/h3-4,7-9,18H,5-6H2,1-2H3,(H,22,24). The number of rotatable bonds is 10. The van der Waals surface area contributed by atoms with Gasteiger partial charge in [0, 0.05) is 18.9 Å². The molecule has 2 aromatic carbocycles. The summed E-state index contributed by atoms with van der Waals surface area (Å²) in [5.74, 6) is -0.966. The van der Waals surface area contributed by atoms with E-state index in [9.17, 15) is 23.7 Å². The van der Waals surface area contributed by atoms with Crippen LogP contribution >= 0.6 is 11.6 Å². The summed E-state index contributed by atoms with van der Waals surface area (Å²) in [6, 6.07) is 5.78. The number of nitrogens with zero attached hydrogens (tertiary/aromatic N) is 1. The van der Waals surface area contributed by atoms with Gasteiger partial charge in [-0.3, -0.25) is 14.9 Å². The van der Waals surface area contributed by atoms with Crippen molar-refractivity contribution in [2.24, 2.45) is 0 Å². The van der Waals surface area contributed by atoms with E-state index in [-0.39, 0.29) is 46.7 Å². The Morgan fingerprint density at radius 3 is 2.47 bits per heavy atom. The van der Waals surface area contributed by atoms with Crippen molar-refractivity contribution in [2.75, 3.05) is 32.8 Å². The number of carbonyl (C=O) groups is 1. The number of amides is 1. The third kappa shape index (κ3) is 5.91. The minimum Gasteiger partial charge on any atom is -0.493 e. The van der Waals surface area contributed by atoms with E-state index in [0.717, 1.165) is 18.2 Å². The minimum absolute atomic E-state index is 0.0642. The van der Waals surface area contributed by atoms with Crippen LogP contribution in [0.25, 0.3) is 0 Å². The van der Waals surface area contributed by atoms with Crippen LogP contribution in [0.4, 0.5) is 20.2 Å². The van der Waals surface area contributed by atoms with Crippen LogP contribution in [0.5, 0.6) is 17.2 Å². The fourth-order valence-corrected chi connectivity index (χ4v) is 2.58. The second-order valence-electron chi connectivity index (χ2n) is 5.60. The molecule has 0 spiro atoms. The molecule has 9 nitrogen and oxygen atoms in total. The van der Waals surface area contributed by atoms with Crippen molar-refractivity contribution in [2.45, 2.75) is 6.61 Å². The van der Waals surface area contributed by atoms with Gasteiger partial charge in [-0.05, 0) is 18.2 Å². The quantitative estimate of drug-likeness (QED) is 0.332. The maximum Gasteiger partial charge on any atom is 0.387 e. The van der Waals surface area contributed by atoms with Gasteiger partial charge in [0.05, 0.1) is 29.7 Å². The molecule has 2 rings (SSSR count). The Balaban J connectivity index is 2.31. The number of hydrogen-bond acceptors (Lipinski definition) is 7. The van der Waals surface area contributed by atoms with E-state index < -0.39 is 23.1 Å². The van der Waals surface area contributed by atoms with Gasteiger partial charge in [-0.15, -0.1) is 0 Å². The molecule has 162 valence electrons. The third-order valence-corrected chi connectivity index (χ3v) is 3.97. The van der Waals surface area contributed by atoms with E-state index in [0.29, 0.717) is 0 Å². The predicted octanol–water partition coefficient (Wildman–Crippen LogP) is 4.14. The number of carbonyl (C=O) groups excluding carboxylic acids is 1. The Morgan fingerprint density at radius 2 is 1.90 bits per heavy atom. The molecule has 0 atom stereocenters. The molecule has 1 N–H and O–H groups in total. The fraction of sp³-hybridized carbons (Fsp3) is 0.278. The Bertz CT molecular complexity index is 928. The number of nitro groups is 1. The van der Waals surface area contributed by atoms with Gasteiger partial charge in [0.1, 0.15) is 17.9 Å². The zero-order valence-corrected chi connectivity index (χ0v) is 16.6. The van der Waals surface area contributed by atoms with Gasteiger partial charge in [0.25, 0.3) is 11.6 Å². The average molecular weight is 447 g/mol. The molecule has 0 bridgehead atoms. The first-order valence-corrected chi connectivity index (χ1v) is 8.68. The number of anilines is 1. The van der Waals surface area contributed by atoms with Gasteiger partial charge in [-0.2, -0.15) is 8.78 Å². The van der Waals surface area contributed by atoms with Crippen molar-refractivity contribution >= 4 is 28.9 Å². The molecule has 1 amide bonds. The van der Waals surface area contributed by atoms with Gasteiger partial charge in [0.15, 0.2) is 11.5 Å². The van der Waals surface area contributed by atoms with Crippen molar-refractivity contribution in [3.63, 3.8) is 0 Å². The zero-order valence-electron chi connectivity index (χ0n) is 15.8. The SMILES string of the molecule is COCCOc1cc([N+](=O)[O-])c(C(=O)Nc2ccc(OC(F)F)c(Cl)c2)cc1OC. The molecule has 0 aliphatic rings. The molecule has 0 fully saturated rings. The lowest BCUT2D eigenvalue weighted by molar-refractivity contribution is -0.385. The highest BCUT2D eigenvalue weighted by atomic mass is 35.5. The lowest BCUT2D eigenvalue weighted by atomic mass is 10.1. The van der Waals surface area contributed by atoms with Crippen molar-refractivity contribution < 1.29 is 37.4 Å². The summed E-state index contributed by atoms with van der Waals surface area (Å²) < 4.78 is 44.2. The number of hydrogen-bond donors (Lipinski definition) is 1. The van der Waals surface area contributed by atoms with Gasteiger partial charge >= 0.3 is 6.61 Å². The number of alkyl halides is 2. The van der Waals surface area contributed by atoms with Crippen LogP contribution in [0.15, 0.2) is 30.3 Å².